The van der Waals surface area contributed by atoms with Gasteiger partial charge in [0.15, 0.2) is 0 Å². The van der Waals surface area contributed by atoms with E-state index < -0.39 is 17.7 Å². The molecule has 0 saturated carbocycles. The topological polar surface area (TPSA) is 160 Å². The highest BCUT2D eigenvalue weighted by molar-refractivity contribution is 5.99. The van der Waals surface area contributed by atoms with Gasteiger partial charge in [0, 0.05) is 38.1 Å². The van der Waals surface area contributed by atoms with Gasteiger partial charge in [-0.25, -0.2) is 19.3 Å². The lowest BCUT2D eigenvalue weighted by Gasteiger charge is -2.35. The Labute approximate surface area is 279 Å². The van der Waals surface area contributed by atoms with Crippen LogP contribution in [-0.4, -0.2) is 86.1 Å². The predicted molar refractivity (Wildman–Crippen MR) is 181 cm³/mol. The van der Waals surface area contributed by atoms with Gasteiger partial charge >= 0.3 is 12.1 Å². The van der Waals surface area contributed by atoms with Crippen LogP contribution in [0.1, 0.15) is 56.6 Å². The van der Waals surface area contributed by atoms with Crippen molar-refractivity contribution in [1.82, 2.24) is 29.2 Å². The molecular weight excluding hydrogens is 616 g/mol. The summed E-state index contributed by atoms with van der Waals surface area (Å²) in [5.74, 6) is 0.593. The molecule has 2 amide bonds. The van der Waals surface area contributed by atoms with Crippen molar-refractivity contribution in [2.75, 3.05) is 44.0 Å². The Bertz CT molecular complexity index is 1820. The molecule has 3 aromatic heterocycles. The largest absolute Gasteiger partial charge is 0.477 e. The second kappa shape index (κ2) is 13.9. The molecule has 5 rings (SSSR count). The summed E-state index contributed by atoms with van der Waals surface area (Å²) < 4.78 is 20.1. The number of hydrogen-bond donors (Lipinski definition) is 1. The number of pyridine rings is 1. The molecule has 1 atom stereocenters. The number of ether oxygens (including phenoxy) is 3. The number of carbonyl (C=O) groups is 3. The fourth-order valence-electron chi connectivity index (χ4n) is 5.74. The summed E-state index contributed by atoms with van der Waals surface area (Å²) in [4.78, 5) is 50.0. The van der Waals surface area contributed by atoms with Gasteiger partial charge in [-0.3, -0.25) is 14.7 Å². The third-order valence-corrected chi connectivity index (χ3v) is 8.05. The summed E-state index contributed by atoms with van der Waals surface area (Å²) >= 11 is 0. The van der Waals surface area contributed by atoms with Crippen molar-refractivity contribution >= 4 is 40.6 Å². The van der Waals surface area contributed by atoms with E-state index in [1.54, 1.807) is 55.7 Å². The van der Waals surface area contributed by atoms with Crippen LogP contribution in [0.25, 0.3) is 22.3 Å². The molecular formula is C34H44N8O6. The number of carbonyl (C=O) groups excluding carboxylic acids is 3. The van der Waals surface area contributed by atoms with E-state index in [1.165, 1.54) is 12.0 Å². The van der Waals surface area contributed by atoms with E-state index >= 15 is 0 Å². The van der Waals surface area contributed by atoms with Crippen LogP contribution < -0.4 is 15.4 Å². The van der Waals surface area contributed by atoms with Gasteiger partial charge in [0.05, 0.1) is 47.8 Å². The van der Waals surface area contributed by atoms with E-state index in [0.717, 1.165) is 29.6 Å². The molecule has 0 spiro atoms. The second-order valence-electron chi connectivity index (χ2n) is 13.2. The molecule has 0 aliphatic carbocycles. The Hall–Kier alpha value is -5.14. The van der Waals surface area contributed by atoms with Gasteiger partial charge < -0.3 is 29.4 Å². The number of methoxy groups -OCH3 is 1. The lowest BCUT2D eigenvalue weighted by Crippen LogP contribution is -2.53. The number of fused-ring (bicyclic) bond motifs is 1. The molecule has 1 aromatic carbocycles. The number of aryl methyl sites for hydroxylation is 2. The quantitative estimate of drug-likeness (QED) is 0.188. The fourth-order valence-corrected chi connectivity index (χ4v) is 5.74. The van der Waals surface area contributed by atoms with Gasteiger partial charge in [0.1, 0.15) is 12.1 Å². The van der Waals surface area contributed by atoms with Crippen molar-refractivity contribution in [2.45, 2.75) is 59.6 Å². The summed E-state index contributed by atoms with van der Waals surface area (Å²) in [7, 11) is 3.15. The summed E-state index contributed by atoms with van der Waals surface area (Å²) in [6.45, 7) is 11.1. The van der Waals surface area contributed by atoms with Gasteiger partial charge in [0.25, 0.3) is 0 Å². The molecule has 1 fully saturated rings. The highest BCUT2D eigenvalue weighted by Gasteiger charge is 2.31. The summed E-state index contributed by atoms with van der Waals surface area (Å²) in [6.07, 6.45) is 2.81. The maximum absolute atomic E-state index is 13.1. The highest BCUT2D eigenvalue weighted by atomic mass is 16.6. The number of amides is 2. The first-order valence-corrected chi connectivity index (χ1v) is 16.0. The minimum atomic E-state index is -0.633. The van der Waals surface area contributed by atoms with Crippen LogP contribution in [0.5, 0.6) is 5.88 Å². The van der Waals surface area contributed by atoms with Gasteiger partial charge in [-0.2, -0.15) is 5.10 Å². The zero-order valence-corrected chi connectivity index (χ0v) is 28.6. The number of hydrogen-bond acceptors (Lipinski definition) is 10. The van der Waals surface area contributed by atoms with Crippen molar-refractivity contribution in [3.8, 4) is 17.1 Å². The van der Waals surface area contributed by atoms with Gasteiger partial charge in [-0.1, -0.05) is 6.92 Å². The van der Waals surface area contributed by atoms with Crippen LogP contribution in [0.2, 0.25) is 0 Å². The lowest BCUT2D eigenvalue weighted by atomic mass is 10.1. The predicted octanol–water partition coefficient (Wildman–Crippen LogP) is 4.59. The number of piperazine rings is 1. The number of nitrogen functional groups attached to an aromatic ring is 1. The third-order valence-electron chi connectivity index (χ3n) is 8.05. The van der Waals surface area contributed by atoms with Crippen LogP contribution in [0, 0.1) is 12.8 Å². The molecule has 0 bridgehead atoms. The lowest BCUT2D eigenvalue weighted by molar-refractivity contribution is -0.121. The molecule has 14 heteroatoms. The number of nitrogens with two attached hydrogens (primary N) is 1. The monoisotopic (exact) mass is 660 g/mol. The number of aromatic nitrogens is 5. The van der Waals surface area contributed by atoms with Crippen LogP contribution in [0.3, 0.4) is 0 Å². The van der Waals surface area contributed by atoms with E-state index in [4.69, 9.17) is 19.9 Å². The second-order valence-corrected chi connectivity index (χ2v) is 13.2. The average Bonchev–Trinajstić information content (AvgIpc) is 3.55. The normalized spacial score (nSPS) is 14.4. The molecule has 2 N–H and O–H groups in total. The number of rotatable bonds is 10. The van der Waals surface area contributed by atoms with E-state index in [2.05, 4.69) is 22.0 Å². The molecule has 0 radical (unpaired) electrons. The number of benzene rings is 1. The fraction of sp³-hybridized carbons (Fsp3) is 0.471. The standard InChI is InChI=1S/C34H44N8O6/c1-21(9-8-14-47-30-25(18-36-39(30)6)27-16-23(31(44)46-7)15-22(2)37-27)19-42-28-17-24(10-11-26(28)38-32(42)35)41-13-12-40(20-29(41)43)33(45)48-34(3,4)5/h10-11,15-18,21H,8-9,12-14,19-20H2,1-7H3,(H2,35,38)/t21-/m1/s1. The number of imidazole rings is 1. The van der Waals surface area contributed by atoms with Crippen molar-refractivity contribution in [1.29, 1.82) is 0 Å². The Morgan fingerprint density at radius 1 is 1.10 bits per heavy atom. The molecule has 14 nitrogen and oxygen atoms in total. The molecule has 1 aliphatic heterocycles. The van der Waals surface area contributed by atoms with Gasteiger partial charge in [-0.15, -0.1) is 0 Å². The molecule has 0 unspecified atom stereocenters. The zero-order chi connectivity index (χ0) is 34.7. The van der Waals surface area contributed by atoms with Crippen LogP contribution in [0.15, 0.2) is 36.5 Å². The third kappa shape index (κ3) is 7.69. The van der Waals surface area contributed by atoms with Gasteiger partial charge in [-0.05, 0) is 76.8 Å². The summed E-state index contributed by atoms with van der Waals surface area (Å²) in [5, 5.41) is 4.35. The Morgan fingerprint density at radius 3 is 2.58 bits per heavy atom. The minimum Gasteiger partial charge on any atom is -0.477 e. The van der Waals surface area contributed by atoms with E-state index in [-0.39, 0.29) is 18.4 Å². The number of nitrogens with zero attached hydrogens (tertiary/aromatic N) is 7. The molecule has 4 aromatic rings. The van der Waals surface area contributed by atoms with Crippen LogP contribution >= 0.6 is 0 Å². The summed E-state index contributed by atoms with van der Waals surface area (Å²) in [5.41, 5.74) is 10.4. The first-order chi connectivity index (χ1) is 22.7. The Kier molecular flexibility index (Phi) is 9.92. The van der Waals surface area contributed by atoms with E-state index in [9.17, 15) is 14.4 Å². The minimum absolute atomic E-state index is 0.0518. The number of esters is 1. The molecule has 1 saturated heterocycles. The maximum Gasteiger partial charge on any atom is 0.410 e. The van der Waals surface area contributed by atoms with Crippen molar-refractivity contribution in [3.05, 3.63) is 47.8 Å². The van der Waals surface area contributed by atoms with Crippen molar-refractivity contribution in [2.24, 2.45) is 13.0 Å². The molecule has 4 heterocycles. The van der Waals surface area contributed by atoms with Gasteiger partial charge in [0.2, 0.25) is 17.7 Å². The molecule has 1 aliphatic rings. The number of anilines is 2. The van der Waals surface area contributed by atoms with Crippen LogP contribution in [0.4, 0.5) is 16.4 Å². The highest BCUT2D eigenvalue weighted by Crippen LogP contribution is 2.30. The smallest absolute Gasteiger partial charge is 0.410 e. The first-order valence-electron chi connectivity index (χ1n) is 16.0. The van der Waals surface area contributed by atoms with E-state index in [0.29, 0.717) is 60.6 Å². The Morgan fingerprint density at radius 2 is 1.88 bits per heavy atom. The molecule has 48 heavy (non-hydrogen) atoms. The zero-order valence-electron chi connectivity index (χ0n) is 28.6. The average molecular weight is 661 g/mol. The van der Waals surface area contributed by atoms with Crippen LogP contribution in [-0.2, 0) is 27.9 Å². The maximum atomic E-state index is 13.1. The van der Waals surface area contributed by atoms with Crippen molar-refractivity contribution < 1.29 is 28.6 Å². The Balaban J connectivity index is 1.20. The summed E-state index contributed by atoms with van der Waals surface area (Å²) in [6, 6.07) is 9.02. The SMILES string of the molecule is COC(=O)c1cc(C)nc(-c2cnn(C)c2OCCC[C@@H](C)Cn2c(N)nc3ccc(N4CCN(C(=O)OC(C)(C)C)CC4=O)cc32)c1. The van der Waals surface area contributed by atoms with Crippen molar-refractivity contribution in [3.63, 3.8) is 0 Å². The van der Waals surface area contributed by atoms with E-state index in [1.807, 2.05) is 29.7 Å². The molecule has 256 valence electrons. The first kappa shape index (κ1) is 34.2.